The summed E-state index contributed by atoms with van der Waals surface area (Å²) in [6.45, 7) is 22.0. The van der Waals surface area contributed by atoms with Crippen LogP contribution in [0.25, 0.3) is 0 Å². The van der Waals surface area contributed by atoms with E-state index in [1.807, 2.05) is 58.8 Å². The standard InChI is InChI=1S/C40H70F8N4O6/c1-16-30-37(17-2,20-23-56-34(9,10)24-28(25-54-15)58-27(3)4)50-51-52(30)21-18-33(7,8)55-22-19-32(5,6)49-31(53)38(42,40(46,47)48)36(13,14)57-26-29(35(11,12)41)39(43,44)45/h17,27-30H,2,16,18-26H2,1,3-15H3,(H,49,53). The Morgan fingerprint density at radius 1 is 0.862 bits per heavy atom. The molecule has 0 aromatic rings. The Morgan fingerprint density at radius 2 is 1.43 bits per heavy atom. The van der Waals surface area contributed by atoms with E-state index in [0.717, 1.165) is 0 Å². The van der Waals surface area contributed by atoms with Gasteiger partial charge < -0.3 is 29.0 Å². The number of nitrogens with zero attached hydrogens (tertiary/aromatic N) is 3. The lowest BCUT2D eigenvalue weighted by Gasteiger charge is -2.42. The summed E-state index contributed by atoms with van der Waals surface area (Å²) in [7, 11) is 1.63. The van der Waals surface area contributed by atoms with Crippen molar-refractivity contribution in [2.75, 3.05) is 40.1 Å². The highest BCUT2D eigenvalue weighted by Crippen LogP contribution is 2.46. The molecular formula is C40H70F8N4O6. The maximum atomic E-state index is 16.1. The second-order valence-electron chi connectivity index (χ2n) is 18.4. The second-order valence-corrected chi connectivity index (χ2v) is 18.4. The Bertz CT molecular complexity index is 1320. The number of ether oxygens (including phenoxy) is 5. The van der Waals surface area contributed by atoms with Crippen molar-refractivity contribution in [1.82, 2.24) is 10.3 Å². The topological polar surface area (TPSA) is 103 Å². The van der Waals surface area contributed by atoms with Crippen LogP contribution in [0.1, 0.15) is 122 Å². The van der Waals surface area contributed by atoms with Crippen molar-refractivity contribution in [1.29, 1.82) is 0 Å². The Kier molecular flexibility index (Phi) is 18.7. The van der Waals surface area contributed by atoms with Crippen molar-refractivity contribution in [2.45, 2.75) is 192 Å². The number of carbonyl (C=O) groups excluding carboxylic acids is 1. The third-order valence-electron chi connectivity index (χ3n) is 10.5. The molecule has 58 heavy (non-hydrogen) atoms. The fourth-order valence-electron chi connectivity index (χ4n) is 6.91. The molecule has 1 N–H and O–H groups in total. The van der Waals surface area contributed by atoms with Gasteiger partial charge in [0.2, 0.25) is 0 Å². The number of hydrogen-bond acceptors (Lipinski definition) is 9. The van der Waals surface area contributed by atoms with Crippen LogP contribution in [0.5, 0.6) is 0 Å². The van der Waals surface area contributed by atoms with Gasteiger partial charge in [-0.3, -0.25) is 9.80 Å². The highest BCUT2D eigenvalue weighted by molar-refractivity contribution is 5.88. The van der Waals surface area contributed by atoms with E-state index >= 15 is 4.39 Å². The van der Waals surface area contributed by atoms with Crippen LogP contribution in [-0.4, -0.2) is 121 Å². The minimum Gasteiger partial charge on any atom is -0.382 e. The zero-order chi connectivity index (χ0) is 45.4. The molecule has 0 bridgehead atoms. The molecule has 0 aromatic heterocycles. The number of alkyl halides is 8. The lowest BCUT2D eigenvalue weighted by Crippen LogP contribution is -2.68. The molecule has 0 fully saturated rings. The smallest absolute Gasteiger partial charge is 0.382 e. The predicted molar refractivity (Wildman–Crippen MR) is 206 cm³/mol. The maximum absolute atomic E-state index is 16.1. The van der Waals surface area contributed by atoms with Crippen LogP contribution in [0, 0.1) is 5.92 Å². The molecule has 5 atom stereocenters. The van der Waals surface area contributed by atoms with Gasteiger partial charge in [-0.2, -0.15) is 31.5 Å². The van der Waals surface area contributed by atoms with Crippen LogP contribution >= 0.6 is 0 Å². The van der Waals surface area contributed by atoms with Gasteiger partial charge >= 0.3 is 18.0 Å². The molecule has 10 nitrogen and oxygen atoms in total. The molecule has 1 aliphatic heterocycles. The monoisotopic (exact) mass is 855 g/mol. The van der Waals surface area contributed by atoms with E-state index in [1.54, 1.807) is 13.2 Å². The zero-order valence-corrected chi connectivity index (χ0v) is 37.0. The third-order valence-corrected chi connectivity index (χ3v) is 10.5. The first kappa shape index (κ1) is 53.9. The van der Waals surface area contributed by atoms with Gasteiger partial charge in [-0.1, -0.05) is 18.2 Å². The molecular weight excluding hydrogens is 784 g/mol. The van der Waals surface area contributed by atoms with Crippen LogP contribution in [0.3, 0.4) is 0 Å². The average Bonchev–Trinajstić information content (AvgIpc) is 3.38. The fourth-order valence-corrected chi connectivity index (χ4v) is 6.91. The molecule has 0 aromatic carbocycles. The predicted octanol–water partition coefficient (Wildman–Crippen LogP) is 9.85. The minimum absolute atomic E-state index is 0.0361. The van der Waals surface area contributed by atoms with Crippen molar-refractivity contribution >= 4 is 5.91 Å². The molecule has 0 radical (unpaired) electrons. The Hall–Kier alpha value is -2.15. The molecule has 342 valence electrons. The number of rotatable bonds is 26. The van der Waals surface area contributed by atoms with Crippen LogP contribution in [0.2, 0.25) is 0 Å². The summed E-state index contributed by atoms with van der Waals surface area (Å²) in [5.41, 5.74) is -14.5. The molecule has 0 spiro atoms. The van der Waals surface area contributed by atoms with Crippen molar-refractivity contribution < 1.29 is 63.6 Å². The number of hydrogen-bond donors (Lipinski definition) is 1. The molecule has 0 saturated carbocycles. The van der Waals surface area contributed by atoms with E-state index in [-0.39, 0.29) is 31.3 Å². The first-order valence-electron chi connectivity index (χ1n) is 19.8. The first-order valence-corrected chi connectivity index (χ1v) is 19.8. The molecule has 1 aliphatic rings. The van der Waals surface area contributed by atoms with E-state index in [4.69, 9.17) is 23.7 Å². The Labute approximate surface area is 340 Å². The van der Waals surface area contributed by atoms with Gasteiger partial charge in [0.1, 0.15) is 22.7 Å². The van der Waals surface area contributed by atoms with Gasteiger partial charge in [-0.25, -0.2) is 8.78 Å². The van der Waals surface area contributed by atoms with Gasteiger partial charge in [0.15, 0.2) is 0 Å². The zero-order valence-electron chi connectivity index (χ0n) is 37.0. The summed E-state index contributed by atoms with van der Waals surface area (Å²) >= 11 is 0. The number of methoxy groups -OCH3 is 1. The molecule has 18 heteroatoms. The van der Waals surface area contributed by atoms with Crippen LogP contribution in [0.15, 0.2) is 23.0 Å². The molecule has 0 saturated heterocycles. The largest absolute Gasteiger partial charge is 0.434 e. The van der Waals surface area contributed by atoms with Gasteiger partial charge in [0.05, 0.1) is 49.3 Å². The SMILES string of the molecule is C=CC1(CCOC(C)(C)CC(COC)OC(C)C)N=NN(CCC(C)(C)OCCC(C)(C)NC(=O)C(F)(C(F)(F)F)C(C)(C)OCC(C(C)(C)F)C(F)(F)F)C1CC. The summed E-state index contributed by atoms with van der Waals surface area (Å²) in [4.78, 5) is 13.1. The summed E-state index contributed by atoms with van der Waals surface area (Å²) in [5.74, 6) is -5.06. The van der Waals surface area contributed by atoms with E-state index in [1.165, 1.54) is 13.8 Å². The fraction of sp³-hybridized carbons (Fsp3) is 0.925. The van der Waals surface area contributed by atoms with Gasteiger partial charge in [0.25, 0.3) is 5.91 Å². The van der Waals surface area contributed by atoms with E-state index in [0.29, 0.717) is 73.1 Å². The maximum Gasteiger partial charge on any atom is 0.434 e. The Morgan fingerprint density at radius 3 is 1.90 bits per heavy atom. The van der Waals surface area contributed by atoms with Crippen molar-refractivity contribution in [3.63, 3.8) is 0 Å². The van der Waals surface area contributed by atoms with Crippen LogP contribution in [0.4, 0.5) is 35.1 Å². The van der Waals surface area contributed by atoms with Gasteiger partial charge in [-0.15, -0.1) is 6.58 Å². The van der Waals surface area contributed by atoms with E-state index < -0.39 is 70.0 Å². The molecule has 5 unspecified atom stereocenters. The number of carbonyl (C=O) groups is 1. The summed E-state index contributed by atoms with van der Waals surface area (Å²) in [6.07, 6.45) is -7.22. The minimum atomic E-state index is -5.92. The average molecular weight is 855 g/mol. The molecule has 0 aliphatic carbocycles. The third kappa shape index (κ3) is 15.1. The van der Waals surface area contributed by atoms with Gasteiger partial charge in [-0.05, 0) is 102 Å². The Balaban J connectivity index is 2.91. The number of nitrogens with one attached hydrogen (secondary N) is 1. The van der Waals surface area contributed by atoms with Crippen molar-refractivity contribution in [2.24, 2.45) is 16.3 Å². The molecule has 1 rings (SSSR count). The van der Waals surface area contributed by atoms with Crippen molar-refractivity contribution in [3.8, 4) is 0 Å². The van der Waals surface area contributed by atoms with E-state index in [9.17, 15) is 35.5 Å². The number of amides is 1. The summed E-state index contributed by atoms with van der Waals surface area (Å²) in [5, 5.41) is 13.0. The summed E-state index contributed by atoms with van der Waals surface area (Å²) < 4.78 is 142. The van der Waals surface area contributed by atoms with Crippen molar-refractivity contribution in [3.05, 3.63) is 12.7 Å². The van der Waals surface area contributed by atoms with Crippen LogP contribution in [-0.2, 0) is 28.5 Å². The molecule has 1 heterocycles. The van der Waals surface area contributed by atoms with Crippen LogP contribution < -0.4 is 5.32 Å². The highest BCUT2D eigenvalue weighted by atomic mass is 19.4. The first-order chi connectivity index (χ1) is 26.1. The molecule has 1 amide bonds. The lowest BCUT2D eigenvalue weighted by atomic mass is 9.84. The highest BCUT2D eigenvalue weighted by Gasteiger charge is 2.71. The van der Waals surface area contributed by atoms with E-state index in [2.05, 4.69) is 16.9 Å². The van der Waals surface area contributed by atoms with Gasteiger partial charge in [0, 0.05) is 38.6 Å². The second kappa shape index (κ2) is 20.1. The summed E-state index contributed by atoms with van der Waals surface area (Å²) in [6, 6.07) is -0.127. The quantitative estimate of drug-likeness (QED) is 0.0683. The number of halogens is 8. The normalized spacial score (nSPS) is 21.0. The lowest BCUT2D eigenvalue weighted by molar-refractivity contribution is -0.290.